The molecule has 12 heavy (non-hydrogen) atoms. The predicted molar refractivity (Wildman–Crippen MR) is 54.1 cm³/mol. The summed E-state index contributed by atoms with van der Waals surface area (Å²) in [6.07, 6.45) is 10.7. The second-order valence-electron chi connectivity index (χ2n) is 3.11. The van der Waals surface area contributed by atoms with Crippen molar-refractivity contribution in [1.29, 1.82) is 0 Å². The van der Waals surface area contributed by atoms with E-state index in [1.165, 1.54) is 19.4 Å². The molecule has 1 nitrogen and oxygen atoms in total. The maximum absolute atomic E-state index is 3.75. The van der Waals surface area contributed by atoms with Crippen LogP contribution in [0.4, 0.5) is 0 Å². The first-order valence-corrected chi connectivity index (χ1v) is 4.52. The van der Waals surface area contributed by atoms with Crippen molar-refractivity contribution in [2.75, 3.05) is 13.1 Å². The molecule has 0 amide bonds. The molecule has 66 valence electrons. The first kappa shape index (κ1) is 9.27. The Morgan fingerprint density at radius 2 is 2.25 bits per heavy atom. The van der Waals surface area contributed by atoms with Crippen LogP contribution in [0, 0.1) is 0 Å². The van der Waals surface area contributed by atoms with Gasteiger partial charge in [-0.1, -0.05) is 30.9 Å². The largest absolute Gasteiger partial charge is 0.293 e. The molecule has 0 spiro atoms. The third-order valence-electron chi connectivity index (χ3n) is 2.25. The van der Waals surface area contributed by atoms with Crippen LogP contribution in [0.15, 0.2) is 37.5 Å². The van der Waals surface area contributed by atoms with Crippen molar-refractivity contribution in [1.82, 2.24) is 4.90 Å². The van der Waals surface area contributed by atoms with Gasteiger partial charge in [0.2, 0.25) is 0 Å². The summed E-state index contributed by atoms with van der Waals surface area (Å²) in [5, 5.41) is 0. The second kappa shape index (κ2) is 4.94. The van der Waals surface area contributed by atoms with Gasteiger partial charge in [-0.05, 0) is 19.4 Å². The summed E-state index contributed by atoms with van der Waals surface area (Å²) < 4.78 is 0. The molecule has 1 aliphatic rings. The lowest BCUT2D eigenvalue weighted by molar-refractivity contribution is 0.322. The Hall–Kier alpha value is -0.820. The van der Waals surface area contributed by atoms with Crippen LogP contribution in [0.5, 0.6) is 0 Å². The van der Waals surface area contributed by atoms with E-state index in [9.17, 15) is 0 Å². The van der Waals surface area contributed by atoms with Crippen molar-refractivity contribution in [3.8, 4) is 0 Å². The lowest BCUT2D eigenvalue weighted by atomic mass is 10.2. The minimum Gasteiger partial charge on any atom is -0.293 e. The number of likely N-dealkylation sites (tertiary alicyclic amines) is 1. The maximum Gasteiger partial charge on any atom is 0.0285 e. The van der Waals surface area contributed by atoms with Crippen LogP contribution in [-0.2, 0) is 0 Å². The van der Waals surface area contributed by atoms with Gasteiger partial charge in [-0.2, -0.15) is 0 Å². The first-order chi connectivity index (χ1) is 5.88. The molecular formula is C11H17N. The van der Waals surface area contributed by atoms with Gasteiger partial charge in [-0.15, -0.1) is 6.58 Å². The predicted octanol–water partition coefficient (Wildman–Crippen LogP) is 2.38. The Balaban J connectivity index is 2.45. The molecule has 0 radical (unpaired) electrons. The van der Waals surface area contributed by atoms with Crippen molar-refractivity contribution < 1.29 is 0 Å². The minimum atomic E-state index is 0.612. The second-order valence-corrected chi connectivity index (χ2v) is 3.11. The topological polar surface area (TPSA) is 3.24 Å². The van der Waals surface area contributed by atoms with Gasteiger partial charge in [-0.3, -0.25) is 4.90 Å². The molecule has 1 saturated heterocycles. The third-order valence-corrected chi connectivity index (χ3v) is 2.25. The molecular weight excluding hydrogens is 146 g/mol. The number of nitrogens with zero attached hydrogens (tertiary/aromatic N) is 1. The zero-order chi connectivity index (χ0) is 8.81. The van der Waals surface area contributed by atoms with Crippen molar-refractivity contribution >= 4 is 0 Å². The van der Waals surface area contributed by atoms with E-state index in [1.54, 1.807) is 0 Å². The molecule has 1 rings (SSSR count). The van der Waals surface area contributed by atoms with E-state index >= 15 is 0 Å². The van der Waals surface area contributed by atoms with Gasteiger partial charge in [0.1, 0.15) is 0 Å². The third kappa shape index (κ3) is 2.35. The smallest absolute Gasteiger partial charge is 0.0285 e. The number of hydrogen-bond donors (Lipinski definition) is 0. The monoisotopic (exact) mass is 163 g/mol. The zero-order valence-electron chi connectivity index (χ0n) is 7.58. The van der Waals surface area contributed by atoms with E-state index in [1.807, 2.05) is 18.2 Å². The van der Waals surface area contributed by atoms with Crippen molar-refractivity contribution in [2.45, 2.75) is 18.9 Å². The lowest BCUT2D eigenvalue weighted by Crippen LogP contribution is -2.27. The Labute approximate surface area is 75.1 Å². The van der Waals surface area contributed by atoms with Crippen molar-refractivity contribution in [3.05, 3.63) is 37.5 Å². The molecule has 1 unspecified atom stereocenters. The molecule has 1 aliphatic heterocycles. The molecule has 0 aliphatic carbocycles. The fourth-order valence-corrected chi connectivity index (χ4v) is 1.67. The quantitative estimate of drug-likeness (QED) is 0.454. The molecule has 0 aromatic rings. The average Bonchev–Trinajstić information content (AvgIpc) is 2.50. The van der Waals surface area contributed by atoms with Crippen molar-refractivity contribution in [2.24, 2.45) is 0 Å². The average molecular weight is 163 g/mol. The van der Waals surface area contributed by atoms with Crippen LogP contribution < -0.4 is 0 Å². The number of rotatable bonds is 4. The van der Waals surface area contributed by atoms with Crippen LogP contribution in [-0.4, -0.2) is 24.0 Å². The molecule has 0 aromatic heterocycles. The SMILES string of the molecule is C=C/C=C/C1CCCN1CC=C. The van der Waals surface area contributed by atoms with Crippen LogP contribution >= 0.6 is 0 Å². The Bertz CT molecular complexity index is 181. The molecule has 0 saturated carbocycles. The van der Waals surface area contributed by atoms with E-state index in [0.717, 1.165) is 6.54 Å². The van der Waals surface area contributed by atoms with E-state index in [-0.39, 0.29) is 0 Å². The summed E-state index contributed by atoms with van der Waals surface area (Å²) in [4.78, 5) is 2.44. The highest BCUT2D eigenvalue weighted by Crippen LogP contribution is 2.17. The van der Waals surface area contributed by atoms with Crippen LogP contribution in [0.3, 0.4) is 0 Å². The zero-order valence-corrected chi connectivity index (χ0v) is 7.58. The molecule has 0 bridgehead atoms. The van der Waals surface area contributed by atoms with E-state index in [0.29, 0.717) is 6.04 Å². The van der Waals surface area contributed by atoms with Gasteiger partial charge in [-0.25, -0.2) is 0 Å². The Morgan fingerprint density at radius 1 is 1.42 bits per heavy atom. The highest BCUT2D eigenvalue weighted by Gasteiger charge is 2.19. The van der Waals surface area contributed by atoms with E-state index < -0.39 is 0 Å². The summed E-state index contributed by atoms with van der Waals surface area (Å²) in [5.41, 5.74) is 0. The summed E-state index contributed by atoms with van der Waals surface area (Å²) in [7, 11) is 0. The van der Waals surface area contributed by atoms with Gasteiger partial charge in [0, 0.05) is 12.6 Å². The van der Waals surface area contributed by atoms with Gasteiger partial charge >= 0.3 is 0 Å². The lowest BCUT2D eigenvalue weighted by Gasteiger charge is -2.19. The van der Waals surface area contributed by atoms with Gasteiger partial charge < -0.3 is 0 Å². The standard InChI is InChI=1S/C11H17N/c1-3-5-7-11-8-6-10-12(11)9-4-2/h3-5,7,11H,1-2,6,8-10H2/b7-5+. The normalized spacial score (nSPS) is 24.8. The van der Waals surface area contributed by atoms with Crippen LogP contribution in [0.1, 0.15) is 12.8 Å². The molecule has 0 aromatic carbocycles. The van der Waals surface area contributed by atoms with E-state index in [2.05, 4.69) is 24.1 Å². The van der Waals surface area contributed by atoms with Gasteiger partial charge in [0.25, 0.3) is 0 Å². The van der Waals surface area contributed by atoms with E-state index in [4.69, 9.17) is 0 Å². The van der Waals surface area contributed by atoms with Crippen LogP contribution in [0.25, 0.3) is 0 Å². The Kier molecular flexibility index (Phi) is 3.81. The highest BCUT2D eigenvalue weighted by molar-refractivity contribution is 5.05. The summed E-state index contributed by atoms with van der Waals surface area (Å²) in [5.74, 6) is 0. The molecule has 1 heterocycles. The maximum atomic E-state index is 3.75. The van der Waals surface area contributed by atoms with Gasteiger partial charge in [0.15, 0.2) is 0 Å². The fraction of sp³-hybridized carbons (Fsp3) is 0.455. The van der Waals surface area contributed by atoms with Crippen LogP contribution in [0.2, 0.25) is 0 Å². The fourth-order valence-electron chi connectivity index (χ4n) is 1.67. The van der Waals surface area contributed by atoms with Gasteiger partial charge in [0.05, 0.1) is 0 Å². The van der Waals surface area contributed by atoms with Crippen molar-refractivity contribution in [3.63, 3.8) is 0 Å². The minimum absolute atomic E-state index is 0.612. The molecule has 1 atom stereocenters. The number of hydrogen-bond acceptors (Lipinski definition) is 1. The molecule has 1 fully saturated rings. The summed E-state index contributed by atoms with van der Waals surface area (Å²) in [6.45, 7) is 9.63. The summed E-state index contributed by atoms with van der Waals surface area (Å²) >= 11 is 0. The number of allylic oxidation sites excluding steroid dienone is 2. The molecule has 0 N–H and O–H groups in total. The highest BCUT2D eigenvalue weighted by atomic mass is 15.2. The first-order valence-electron chi connectivity index (χ1n) is 4.52. The Morgan fingerprint density at radius 3 is 2.92 bits per heavy atom. The summed E-state index contributed by atoms with van der Waals surface area (Å²) in [6, 6.07) is 0.612. The molecule has 1 heteroatoms.